The summed E-state index contributed by atoms with van der Waals surface area (Å²) in [4.78, 5) is 4.34. The first-order valence-electron chi connectivity index (χ1n) is 6.12. The molecule has 0 bridgehead atoms. The maximum atomic E-state index is 4.34. The lowest BCUT2D eigenvalue weighted by molar-refractivity contribution is 0.595. The zero-order valence-electron chi connectivity index (χ0n) is 10.7. The topological polar surface area (TPSA) is 24.4 Å². The molecule has 1 unspecified atom stereocenters. The van der Waals surface area contributed by atoms with E-state index < -0.39 is 0 Å². The van der Waals surface area contributed by atoms with Crippen LogP contribution in [-0.2, 0) is 0 Å². The molecule has 0 fully saturated rings. The van der Waals surface area contributed by atoms with Gasteiger partial charge in [0.2, 0.25) is 0 Å². The molecule has 0 radical (unpaired) electrons. The Morgan fingerprint density at radius 2 is 2.13 bits per heavy atom. The Labute approximate surface area is 94.9 Å². The van der Waals surface area contributed by atoms with Gasteiger partial charge in [-0.05, 0) is 26.7 Å². The highest BCUT2D eigenvalue weighted by molar-refractivity contribution is 5.59. The number of allylic oxidation sites excluding steroid dienone is 2. The van der Waals surface area contributed by atoms with Crippen LogP contribution in [0.15, 0.2) is 16.8 Å². The molecule has 0 heterocycles. The Morgan fingerprint density at radius 1 is 1.40 bits per heavy atom. The molecule has 15 heavy (non-hydrogen) atoms. The van der Waals surface area contributed by atoms with Gasteiger partial charge in [-0.1, -0.05) is 26.3 Å². The van der Waals surface area contributed by atoms with Crippen LogP contribution >= 0.6 is 0 Å². The average molecular weight is 210 g/mol. The number of nitrogens with zero attached hydrogens (tertiary/aromatic N) is 1. The van der Waals surface area contributed by atoms with E-state index in [-0.39, 0.29) is 0 Å². The van der Waals surface area contributed by atoms with E-state index in [1.165, 1.54) is 18.5 Å². The number of aliphatic imine (C=N–C) groups is 1. The molecule has 0 aromatic carbocycles. The third kappa shape index (κ3) is 9.51. The smallest absolute Gasteiger partial charge is 0.0385 e. The summed E-state index contributed by atoms with van der Waals surface area (Å²) in [5.74, 6) is 0. The van der Waals surface area contributed by atoms with Crippen LogP contribution in [0.2, 0.25) is 0 Å². The fraction of sp³-hybridized carbons (Fsp3) is 0.769. The molecule has 0 spiro atoms. The molecule has 0 aromatic heterocycles. The number of rotatable bonds is 8. The van der Waals surface area contributed by atoms with Crippen molar-refractivity contribution in [2.75, 3.05) is 6.54 Å². The van der Waals surface area contributed by atoms with Gasteiger partial charge in [-0.15, -0.1) is 0 Å². The summed E-state index contributed by atoms with van der Waals surface area (Å²) in [6.45, 7) is 9.67. The normalized spacial score (nSPS) is 14.5. The summed E-state index contributed by atoms with van der Waals surface area (Å²) < 4.78 is 0. The minimum absolute atomic E-state index is 0.568. The summed E-state index contributed by atoms with van der Waals surface area (Å²) in [5.41, 5.74) is 1.26. The molecule has 0 rings (SSSR count). The summed E-state index contributed by atoms with van der Waals surface area (Å²) in [6.07, 6.45) is 8.74. The van der Waals surface area contributed by atoms with Gasteiger partial charge in [0.25, 0.3) is 0 Å². The molecule has 0 aliphatic carbocycles. The third-order valence-electron chi connectivity index (χ3n) is 2.39. The number of hydrogen-bond acceptors (Lipinski definition) is 2. The predicted octanol–water partition coefficient (Wildman–Crippen LogP) is 3.54. The fourth-order valence-electron chi connectivity index (χ4n) is 1.19. The van der Waals surface area contributed by atoms with Gasteiger partial charge in [-0.2, -0.15) is 0 Å². The van der Waals surface area contributed by atoms with Crippen molar-refractivity contribution in [1.29, 1.82) is 0 Å². The van der Waals surface area contributed by atoms with Crippen LogP contribution in [0.3, 0.4) is 0 Å². The van der Waals surface area contributed by atoms with Crippen molar-refractivity contribution < 1.29 is 0 Å². The maximum absolute atomic E-state index is 4.34. The maximum Gasteiger partial charge on any atom is 0.0385 e. The molecule has 0 aromatic rings. The van der Waals surface area contributed by atoms with Gasteiger partial charge < -0.3 is 5.32 Å². The van der Waals surface area contributed by atoms with E-state index in [1.807, 2.05) is 6.21 Å². The van der Waals surface area contributed by atoms with Crippen molar-refractivity contribution in [3.05, 3.63) is 11.8 Å². The Kier molecular flexibility index (Phi) is 9.24. The summed E-state index contributed by atoms with van der Waals surface area (Å²) >= 11 is 0. The van der Waals surface area contributed by atoms with Crippen molar-refractivity contribution in [2.24, 2.45) is 4.99 Å². The van der Waals surface area contributed by atoms with Crippen LogP contribution < -0.4 is 5.32 Å². The molecule has 1 atom stereocenters. The molecule has 88 valence electrons. The molecule has 2 heteroatoms. The minimum Gasteiger partial charge on any atom is -0.386 e. The van der Waals surface area contributed by atoms with E-state index >= 15 is 0 Å². The summed E-state index contributed by atoms with van der Waals surface area (Å²) in [6, 6.07) is 0.568. The van der Waals surface area contributed by atoms with E-state index in [1.54, 1.807) is 0 Å². The highest BCUT2D eigenvalue weighted by Gasteiger charge is 1.95. The number of unbranched alkanes of at least 4 members (excludes halogenated alkanes) is 1. The fourth-order valence-corrected chi connectivity index (χ4v) is 1.19. The second kappa shape index (κ2) is 9.75. The van der Waals surface area contributed by atoms with Crippen LogP contribution in [0.25, 0.3) is 0 Å². The largest absolute Gasteiger partial charge is 0.386 e. The second-order valence-electron chi connectivity index (χ2n) is 4.02. The Hall–Kier alpha value is -0.790. The van der Waals surface area contributed by atoms with Gasteiger partial charge in [0.15, 0.2) is 0 Å². The van der Waals surface area contributed by atoms with Gasteiger partial charge >= 0.3 is 0 Å². The van der Waals surface area contributed by atoms with Crippen LogP contribution in [0.4, 0.5) is 0 Å². The van der Waals surface area contributed by atoms with Crippen LogP contribution in [0.5, 0.6) is 0 Å². The van der Waals surface area contributed by atoms with E-state index in [4.69, 9.17) is 0 Å². The lowest BCUT2D eigenvalue weighted by Crippen LogP contribution is -2.22. The van der Waals surface area contributed by atoms with Crippen LogP contribution in [-0.4, -0.2) is 18.8 Å². The van der Waals surface area contributed by atoms with Gasteiger partial charge in [0, 0.05) is 30.9 Å². The van der Waals surface area contributed by atoms with Gasteiger partial charge in [-0.25, -0.2) is 0 Å². The Balaban J connectivity index is 3.61. The first-order chi connectivity index (χ1) is 7.20. The summed E-state index contributed by atoms with van der Waals surface area (Å²) in [5, 5.41) is 3.43. The molecule has 2 nitrogen and oxygen atoms in total. The van der Waals surface area contributed by atoms with Crippen molar-refractivity contribution in [3.63, 3.8) is 0 Å². The Morgan fingerprint density at radius 3 is 2.73 bits per heavy atom. The van der Waals surface area contributed by atoms with Crippen molar-refractivity contribution in [2.45, 2.75) is 59.4 Å². The lowest BCUT2D eigenvalue weighted by Gasteiger charge is -2.12. The quantitative estimate of drug-likeness (QED) is 0.481. The van der Waals surface area contributed by atoms with E-state index in [0.717, 1.165) is 19.4 Å². The first-order valence-corrected chi connectivity index (χ1v) is 6.12. The monoisotopic (exact) mass is 210 g/mol. The van der Waals surface area contributed by atoms with E-state index in [9.17, 15) is 0 Å². The highest BCUT2D eigenvalue weighted by atomic mass is 14.9. The molecular weight excluding hydrogens is 184 g/mol. The second-order valence-corrected chi connectivity index (χ2v) is 4.02. The molecule has 0 amide bonds. The highest BCUT2D eigenvalue weighted by Crippen LogP contribution is 1.96. The molecule has 0 saturated heterocycles. The Bertz CT molecular complexity index is 195. The van der Waals surface area contributed by atoms with Crippen molar-refractivity contribution in [3.8, 4) is 0 Å². The van der Waals surface area contributed by atoms with E-state index in [2.05, 4.69) is 44.1 Å². The average Bonchev–Trinajstić information content (AvgIpc) is 2.23. The van der Waals surface area contributed by atoms with Gasteiger partial charge in [-0.3, -0.25) is 4.99 Å². The minimum atomic E-state index is 0.568. The van der Waals surface area contributed by atoms with Crippen molar-refractivity contribution >= 4 is 6.21 Å². The van der Waals surface area contributed by atoms with Gasteiger partial charge in [0.05, 0.1) is 0 Å². The zero-order chi connectivity index (χ0) is 11.5. The molecule has 0 saturated carbocycles. The molecule has 1 N–H and O–H groups in total. The number of hydrogen-bond donors (Lipinski definition) is 1. The van der Waals surface area contributed by atoms with Gasteiger partial charge in [0.1, 0.15) is 0 Å². The lowest BCUT2D eigenvalue weighted by atomic mass is 10.2. The molecule has 0 aliphatic heterocycles. The molecule has 0 aliphatic rings. The predicted molar refractivity (Wildman–Crippen MR) is 69.5 cm³/mol. The third-order valence-corrected chi connectivity index (χ3v) is 2.39. The SMILES string of the molecule is CCCCN=CCC=C(C)NC(C)CC. The van der Waals surface area contributed by atoms with E-state index in [0.29, 0.717) is 6.04 Å². The van der Waals surface area contributed by atoms with Crippen LogP contribution in [0.1, 0.15) is 53.4 Å². The number of nitrogens with one attached hydrogen (secondary N) is 1. The van der Waals surface area contributed by atoms with Crippen molar-refractivity contribution in [1.82, 2.24) is 5.32 Å². The van der Waals surface area contributed by atoms with Crippen LogP contribution in [0, 0.1) is 0 Å². The first kappa shape index (κ1) is 14.2. The summed E-state index contributed by atoms with van der Waals surface area (Å²) in [7, 11) is 0. The standard InChI is InChI=1S/C13H26N2/c1-5-7-10-14-11-8-9-13(4)15-12(3)6-2/h9,11-12,15H,5-8,10H2,1-4H3. The zero-order valence-corrected chi connectivity index (χ0v) is 10.7. The molecular formula is C13H26N2.